The number of hydrogen-bond donors (Lipinski definition) is 1. The quantitative estimate of drug-likeness (QED) is 0.483. The van der Waals surface area contributed by atoms with Gasteiger partial charge in [0.05, 0.1) is 0 Å². The first kappa shape index (κ1) is 16.0. The maximum Gasteiger partial charge on any atom is 0.355 e. The number of aldehydes is 1. The molecule has 1 aromatic heterocycles. The van der Waals surface area contributed by atoms with Crippen LogP contribution in [-0.2, 0) is 22.6 Å². The number of aromatic nitrogens is 1. The second kappa shape index (κ2) is 7.59. The number of esters is 1. The lowest BCUT2D eigenvalue weighted by molar-refractivity contribution is -0.107. The van der Waals surface area contributed by atoms with Gasteiger partial charge in [-0.2, -0.15) is 0 Å². The fourth-order valence-electron chi connectivity index (χ4n) is 2.41. The highest BCUT2D eigenvalue weighted by molar-refractivity contribution is 5.90. The molecule has 4 heteroatoms. The maximum absolute atomic E-state index is 12.3. The molecule has 1 heterocycles. The zero-order chi connectivity index (χ0) is 15.9. The van der Waals surface area contributed by atoms with Crippen LogP contribution in [0.2, 0.25) is 0 Å². The number of aromatic amines is 1. The molecule has 0 aliphatic rings. The van der Waals surface area contributed by atoms with E-state index in [0.29, 0.717) is 18.5 Å². The average molecular weight is 299 g/mol. The predicted octanol–water partition coefficient (Wildman–Crippen LogP) is 3.51. The highest BCUT2D eigenvalue weighted by atomic mass is 16.5. The summed E-state index contributed by atoms with van der Waals surface area (Å²) >= 11 is 0. The minimum absolute atomic E-state index is 0.255. The van der Waals surface area contributed by atoms with E-state index < -0.39 is 0 Å². The number of carbonyl (C=O) groups excluding carboxylic acids is 2. The molecule has 2 rings (SSSR count). The van der Waals surface area contributed by atoms with Crippen LogP contribution in [0, 0.1) is 13.8 Å². The summed E-state index contributed by atoms with van der Waals surface area (Å²) in [5, 5.41) is 0. The third-order valence-electron chi connectivity index (χ3n) is 3.80. The summed E-state index contributed by atoms with van der Waals surface area (Å²) in [7, 11) is 0. The van der Waals surface area contributed by atoms with Gasteiger partial charge in [0.25, 0.3) is 0 Å². The van der Waals surface area contributed by atoms with Crippen LogP contribution in [-0.4, -0.2) is 17.2 Å². The molecule has 0 aliphatic carbocycles. The highest BCUT2D eigenvalue weighted by Gasteiger charge is 2.19. The summed E-state index contributed by atoms with van der Waals surface area (Å²) in [6.45, 7) is 4.17. The standard InChI is InChI=1S/C18H21NO3/c1-13-14(2)19-17(16(13)10-6-7-11-20)18(21)22-12-15-8-4-3-5-9-15/h3-5,8-9,11,19H,6-7,10,12H2,1-2H3. The Hall–Kier alpha value is -2.36. The molecule has 0 saturated carbocycles. The van der Waals surface area contributed by atoms with Gasteiger partial charge in [0.2, 0.25) is 0 Å². The Morgan fingerprint density at radius 2 is 1.95 bits per heavy atom. The van der Waals surface area contributed by atoms with Crippen LogP contribution in [0.15, 0.2) is 30.3 Å². The first-order valence-electron chi connectivity index (χ1n) is 7.46. The lowest BCUT2D eigenvalue weighted by atomic mass is 10.0. The van der Waals surface area contributed by atoms with Crippen molar-refractivity contribution < 1.29 is 14.3 Å². The van der Waals surface area contributed by atoms with E-state index in [1.165, 1.54) is 0 Å². The Balaban J connectivity index is 2.08. The van der Waals surface area contributed by atoms with Crippen LogP contribution in [0.1, 0.15) is 45.7 Å². The summed E-state index contributed by atoms with van der Waals surface area (Å²) in [5.41, 5.74) is 4.46. The summed E-state index contributed by atoms with van der Waals surface area (Å²) in [5.74, 6) is -0.346. The van der Waals surface area contributed by atoms with Crippen molar-refractivity contribution in [3.63, 3.8) is 0 Å². The average Bonchev–Trinajstić information content (AvgIpc) is 2.82. The highest BCUT2D eigenvalue weighted by Crippen LogP contribution is 2.21. The normalized spacial score (nSPS) is 10.5. The molecule has 1 aromatic carbocycles. The third kappa shape index (κ3) is 3.85. The van der Waals surface area contributed by atoms with Gasteiger partial charge in [0, 0.05) is 12.1 Å². The predicted molar refractivity (Wildman–Crippen MR) is 84.8 cm³/mol. The van der Waals surface area contributed by atoms with Crippen molar-refractivity contribution in [2.75, 3.05) is 0 Å². The number of nitrogens with one attached hydrogen (secondary N) is 1. The number of unbranched alkanes of at least 4 members (excludes halogenated alkanes) is 1. The Morgan fingerprint density at radius 3 is 2.64 bits per heavy atom. The molecule has 116 valence electrons. The second-order valence-electron chi connectivity index (χ2n) is 5.35. The van der Waals surface area contributed by atoms with Crippen molar-refractivity contribution in [2.45, 2.75) is 39.7 Å². The molecule has 0 bridgehead atoms. The van der Waals surface area contributed by atoms with Gasteiger partial charge in [-0.1, -0.05) is 30.3 Å². The second-order valence-corrected chi connectivity index (χ2v) is 5.35. The molecule has 22 heavy (non-hydrogen) atoms. The van der Waals surface area contributed by atoms with Gasteiger partial charge in [-0.25, -0.2) is 4.79 Å². The van der Waals surface area contributed by atoms with E-state index >= 15 is 0 Å². The molecular weight excluding hydrogens is 278 g/mol. The number of rotatable bonds is 7. The molecule has 4 nitrogen and oxygen atoms in total. The zero-order valence-corrected chi connectivity index (χ0v) is 13.0. The van der Waals surface area contributed by atoms with E-state index in [2.05, 4.69) is 4.98 Å². The summed E-state index contributed by atoms with van der Waals surface area (Å²) in [6, 6.07) is 9.59. The largest absolute Gasteiger partial charge is 0.456 e. The maximum atomic E-state index is 12.3. The zero-order valence-electron chi connectivity index (χ0n) is 13.0. The number of H-pyrrole nitrogens is 1. The number of benzene rings is 1. The van der Waals surface area contributed by atoms with Gasteiger partial charge < -0.3 is 14.5 Å². The smallest absolute Gasteiger partial charge is 0.355 e. The Kier molecular flexibility index (Phi) is 5.53. The van der Waals surface area contributed by atoms with E-state index in [0.717, 1.165) is 35.1 Å². The molecule has 0 amide bonds. The van der Waals surface area contributed by atoms with Crippen LogP contribution < -0.4 is 0 Å². The van der Waals surface area contributed by atoms with Crippen molar-refractivity contribution in [1.82, 2.24) is 4.98 Å². The first-order valence-corrected chi connectivity index (χ1v) is 7.46. The Labute approximate surface area is 130 Å². The molecule has 0 saturated heterocycles. The number of ether oxygens (including phenoxy) is 1. The Morgan fingerprint density at radius 1 is 1.23 bits per heavy atom. The van der Waals surface area contributed by atoms with E-state index in [9.17, 15) is 9.59 Å². The topological polar surface area (TPSA) is 59.2 Å². The van der Waals surface area contributed by atoms with Crippen molar-refractivity contribution in [1.29, 1.82) is 0 Å². The summed E-state index contributed by atoms with van der Waals surface area (Å²) in [6.07, 6.45) is 2.84. The van der Waals surface area contributed by atoms with E-state index in [-0.39, 0.29) is 12.6 Å². The van der Waals surface area contributed by atoms with Crippen molar-refractivity contribution in [3.05, 3.63) is 58.4 Å². The van der Waals surface area contributed by atoms with Crippen molar-refractivity contribution >= 4 is 12.3 Å². The molecule has 0 spiro atoms. The lowest BCUT2D eigenvalue weighted by Crippen LogP contribution is -2.09. The number of aryl methyl sites for hydroxylation is 1. The van der Waals surface area contributed by atoms with Crippen LogP contribution in [0.3, 0.4) is 0 Å². The number of carbonyl (C=O) groups is 2. The SMILES string of the molecule is Cc1[nH]c(C(=O)OCc2ccccc2)c(CCCC=O)c1C. The van der Waals surface area contributed by atoms with E-state index in [1.54, 1.807) is 0 Å². The molecule has 0 fully saturated rings. The summed E-state index contributed by atoms with van der Waals surface area (Å²) in [4.78, 5) is 25.9. The van der Waals surface area contributed by atoms with Crippen LogP contribution in [0.25, 0.3) is 0 Å². The molecular formula is C18H21NO3. The van der Waals surface area contributed by atoms with Gasteiger partial charge in [-0.05, 0) is 43.4 Å². The number of hydrogen-bond acceptors (Lipinski definition) is 3. The fourth-order valence-corrected chi connectivity index (χ4v) is 2.41. The Bertz CT molecular complexity index is 644. The monoisotopic (exact) mass is 299 g/mol. The molecule has 0 aliphatic heterocycles. The van der Waals surface area contributed by atoms with Crippen molar-refractivity contribution in [3.8, 4) is 0 Å². The van der Waals surface area contributed by atoms with E-state index in [1.807, 2.05) is 44.2 Å². The minimum atomic E-state index is -0.346. The van der Waals surface area contributed by atoms with Gasteiger partial charge in [0.15, 0.2) is 0 Å². The van der Waals surface area contributed by atoms with Gasteiger partial charge in [-0.15, -0.1) is 0 Å². The molecule has 2 aromatic rings. The van der Waals surface area contributed by atoms with Gasteiger partial charge in [-0.3, -0.25) is 0 Å². The first-order chi connectivity index (χ1) is 10.6. The molecule has 0 unspecified atom stereocenters. The third-order valence-corrected chi connectivity index (χ3v) is 3.80. The molecule has 0 atom stereocenters. The van der Waals surface area contributed by atoms with Crippen LogP contribution in [0.5, 0.6) is 0 Å². The van der Waals surface area contributed by atoms with Gasteiger partial charge in [0.1, 0.15) is 18.6 Å². The lowest BCUT2D eigenvalue weighted by Gasteiger charge is -2.06. The van der Waals surface area contributed by atoms with Crippen molar-refractivity contribution in [2.24, 2.45) is 0 Å². The fraction of sp³-hybridized carbons (Fsp3) is 0.333. The van der Waals surface area contributed by atoms with Crippen LogP contribution >= 0.6 is 0 Å². The molecule has 0 radical (unpaired) electrons. The minimum Gasteiger partial charge on any atom is -0.456 e. The van der Waals surface area contributed by atoms with Gasteiger partial charge >= 0.3 is 5.97 Å². The summed E-state index contributed by atoms with van der Waals surface area (Å²) < 4.78 is 5.39. The van der Waals surface area contributed by atoms with Crippen LogP contribution in [0.4, 0.5) is 0 Å². The molecule has 1 N–H and O–H groups in total. The van der Waals surface area contributed by atoms with E-state index in [4.69, 9.17) is 4.74 Å².